The number of carbonyl (C=O) groups excluding carboxylic acids is 2. The molecular formula is C17H24BNO2S. The lowest BCUT2D eigenvalue weighted by atomic mass is 9.64. The van der Waals surface area contributed by atoms with Crippen LogP contribution in [-0.4, -0.2) is 24.3 Å². The molecule has 0 aliphatic carbocycles. The molecule has 0 bridgehead atoms. The predicted molar refractivity (Wildman–Crippen MR) is 96.1 cm³/mol. The van der Waals surface area contributed by atoms with Crippen LogP contribution in [0, 0.1) is 0 Å². The van der Waals surface area contributed by atoms with E-state index >= 15 is 0 Å². The van der Waals surface area contributed by atoms with Crippen LogP contribution in [0.2, 0.25) is 5.31 Å². The number of benzene rings is 1. The number of rotatable bonds is 7. The molecule has 0 heterocycles. The van der Waals surface area contributed by atoms with E-state index in [1.165, 1.54) is 0 Å². The van der Waals surface area contributed by atoms with E-state index in [1.807, 2.05) is 20.8 Å². The maximum atomic E-state index is 12.2. The van der Waals surface area contributed by atoms with Crippen molar-refractivity contribution in [2.24, 2.45) is 0 Å². The number of ketones is 1. The van der Waals surface area contributed by atoms with Crippen LogP contribution in [0.4, 0.5) is 5.69 Å². The average Bonchev–Trinajstić information content (AvgIpc) is 2.46. The van der Waals surface area contributed by atoms with Gasteiger partial charge in [-0.2, -0.15) is 12.6 Å². The zero-order valence-electron chi connectivity index (χ0n) is 13.8. The fraction of sp³-hybridized carbons (Fsp3) is 0.529. The van der Waals surface area contributed by atoms with Crippen LogP contribution < -0.4 is 5.32 Å². The number of carbonyl (C=O) groups is 2. The molecule has 3 nitrogen and oxygen atoms in total. The third-order valence-electron chi connectivity index (χ3n) is 3.99. The first-order valence-electron chi connectivity index (χ1n) is 7.57. The molecule has 2 radical (unpaired) electrons. The molecule has 0 aliphatic rings. The molecule has 1 rings (SSSR count). The number of amides is 1. The minimum atomic E-state index is -0.861. The van der Waals surface area contributed by atoms with Crippen molar-refractivity contribution < 1.29 is 9.59 Å². The summed E-state index contributed by atoms with van der Waals surface area (Å²) in [6.07, 6.45) is 1.72. The minimum Gasteiger partial charge on any atom is -0.326 e. The molecule has 0 aliphatic heterocycles. The predicted octanol–water partition coefficient (Wildman–Crippen LogP) is 4.05. The third kappa shape index (κ3) is 5.20. The number of hydrogen-bond donors (Lipinski definition) is 2. The highest BCUT2D eigenvalue weighted by Crippen LogP contribution is 2.30. The summed E-state index contributed by atoms with van der Waals surface area (Å²) in [7, 11) is 5.97. The molecule has 1 amide bonds. The lowest BCUT2D eigenvalue weighted by Crippen LogP contribution is -2.25. The summed E-state index contributed by atoms with van der Waals surface area (Å²) in [6.45, 7) is 7.54. The summed E-state index contributed by atoms with van der Waals surface area (Å²) in [6, 6.07) is 6.83. The fourth-order valence-electron chi connectivity index (χ4n) is 1.87. The SMILES string of the molecule is [B]C(C)(CC)C(=O)c1ccc(NC(=O)CC(C)(S)CC)cc1. The Morgan fingerprint density at radius 3 is 2.14 bits per heavy atom. The van der Waals surface area contributed by atoms with E-state index in [-0.39, 0.29) is 16.4 Å². The van der Waals surface area contributed by atoms with Crippen LogP contribution in [0.3, 0.4) is 0 Å². The van der Waals surface area contributed by atoms with E-state index in [9.17, 15) is 9.59 Å². The maximum absolute atomic E-state index is 12.2. The van der Waals surface area contributed by atoms with Gasteiger partial charge in [-0.25, -0.2) is 0 Å². The molecular weight excluding hydrogens is 293 g/mol. The van der Waals surface area contributed by atoms with Gasteiger partial charge in [-0.15, -0.1) is 0 Å². The Bertz CT molecular complexity index is 538. The lowest BCUT2D eigenvalue weighted by molar-refractivity contribution is -0.116. The fourth-order valence-corrected chi connectivity index (χ4v) is 2.01. The second-order valence-electron chi connectivity index (χ2n) is 6.25. The molecule has 1 N–H and O–H groups in total. The summed E-state index contributed by atoms with van der Waals surface area (Å²) in [5, 5.41) is 1.96. The van der Waals surface area contributed by atoms with Crippen LogP contribution in [0.5, 0.6) is 0 Å². The van der Waals surface area contributed by atoms with E-state index in [4.69, 9.17) is 7.85 Å². The van der Waals surface area contributed by atoms with Crippen molar-refractivity contribution in [3.63, 3.8) is 0 Å². The van der Waals surface area contributed by atoms with Crippen molar-refractivity contribution in [3.8, 4) is 0 Å². The Labute approximate surface area is 140 Å². The van der Waals surface area contributed by atoms with Crippen LogP contribution in [0.15, 0.2) is 24.3 Å². The Morgan fingerprint density at radius 1 is 1.14 bits per heavy atom. The maximum Gasteiger partial charge on any atom is 0.225 e. The highest BCUT2D eigenvalue weighted by molar-refractivity contribution is 7.81. The molecule has 0 saturated carbocycles. The number of hydrogen-bond acceptors (Lipinski definition) is 3. The van der Waals surface area contributed by atoms with E-state index < -0.39 is 5.31 Å². The van der Waals surface area contributed by atoms with Gasteiger partial charge < -0.3 is 5.32 Å². The number of Topliss-reactive ketones (excluding diaryl/α,β-unsaturated/α-hetero) is 1. The van der Waals surface area contributed by atoms with Crippen LogP contribution in [0.25, 0.3) is 0 Å². The normalized spacial score (nSPS) is 16.4. The molecule has 0 saturated heterocycles. The summed E-state index contributed by atoms with van der Waals surface area (Å²) < 4.78 is -0.317. The van der Waals surface area contributed by atoms with Crippen LogP contribution in [0.1, 0.15) is 57.3 Å². The summed E-state index contributed by atoms with van der Waals surface area (Å²) in [5.74, 6) is -0.183. The first kappa shape index (κ1) is 18.8. The molecule has 0 spiro atoms. The molecule has 0 aromatic heterocycles. The van der Waals surface area contributed by atoms with Gasteiger partial charge >= 0.3 is 0 Å². The van der Waals surface area contributed by atoms with E-state index in [0.29, 0.717) is 24.1 Å². The second-order valence-corrected chi connectivity index (χ2v) is 7.33. The second kappa shape index (κ2) is 7.36. The highest BCUT2D eigenvalue weighted by Gasteiger charge is 2.26. The quantitative estimate of drug-likeness (QED) is 0.453. The standard InChI is InChI=1S/C17H24BNO2S/c1-5-16(3,22)11-14(20)19-13-9-7-12(8-10-13)15(21)17(4,18)6-2/h7-10,22H,5-6,11H2,1-4H3,(H,19,20). The van der Waals surface area contributed by atoms with Crippen molar-refractivity contribution in [2.75, 3.05) is 5.32 Å². The van der Waals surface area contributed by atoms with Crippen LogP contribution in [-0.2, 0) is 4.79 Å². The van der Waals surface area contributed by atoms with Gasteiger partial charge in [0.2, 0.25) is 5.91 Å². The third-order valence-corrected chi connectivity index (χ3v) is 4.46. The highest BCUT2D eigenvalue weighted by atomic mass is 32.1. The zero-order valence-corrected chi connectivity index (χ0v) is 14.7. The van der Waals surface area contributed by atoms with Gasteiger partial charge in [0.1, 0.15) is 0 Å². The first-order chi connectivity index (χ1) is 10.1. The molecule has 2 unspecified atom stereocenters. The molecule has 118 valence electrons. The summed E-state index contributed by atoms with van der Waals surface area (Å²) >= 11 is 4.46. The Hall–Kier alpha value is -1.23. The van der Waals surface area contributed by atoms with Gasteiger partial charge in [0.25, 0.3) is 0 Å². The Balaban J connectivity index is 2.74. The van der Waals surface area contributed by atoms with Crippen LogP contribution >= 0.6 is 12.6 Å². The molecule has 22 heavy (non-hydrogen) atoms. The molecule has 0 fully saturated rings. The topological polar surface area (TPSA) is 46.2 Å². The average molecular weight is 317 g/mol. The van der Waals surface area contributed by atoms with Crippen molar-refractivity contribution in [1.82, 2.24) is 0 Å². The minimum absolute atomic E-state index is 0.0874. The number of nitrogens with one attached hydrogen (secondary N) is 1. The monoisotopic (exact) mass is 317 g/mol. The lowest BCUT2D eigenvalue weighted by Gasteiger charge is -2.22. The van der Waals surface area contributed by atoms with Crippen molar-refractivity contribution in [3.05, 3.63) is 29.8 Å². The number of thiol groups is 1. The zero-order chi connectivity index (χ0) is 17.0. The number of anilines is 1. The van der Waals surface area contributed by atoms with Gasteiger partial charge in [-0.3, -0.25) is 9.59 Å². The summed E-state index contributed by atoms with van der Waals surface area (Å²) in [4.78, 5) is 24.2. The molecule has 1 aromatic carbocycles. The summed E-state index contributed by atoms with van der Waals surface area (Å²) in [5.41, 5.74) is 1.22. The van der Waals surface area contributed by atoms with Crippen molar-refractivity contribution in [2.45, 2.75) is 57.0 Å². The first-order valence-corrected chi connectivity index (χ1v) is 8.02. The van der Waals surface area contributed by atoms with Gasteiger partial charge in [0.05, 0.1) is 7.85 Å². The van der Waals surface area contributed by atoms with Gasteiger partial charge in [0.15, 0.2) is 5.78 Å². The largest absolute Gasteiger partial charge is 0.326 e. The van der Waals surface area contributed by atoms with E-state index in [0.717, 1.165) is 6.42 Å². The van der Waals surface area contributed by atoms with Crippen molar-refractivity contribution >= 4 is 37.9 Å². The van der Waals surface area contributed by atoms with Gasteiger partial charge in [-0.05, 0) is 36.0 Å². The van der Waals surface area contributed by atoms with Gasteiger partial charge in [0, 0.05) is 22.4 Å². The van der Waals surface area contributed by atoms with E-state index in [1.54, 1.807) is 31.2 Å². The smallest absolute Gasteiger partial charge is 0.225 e. The Kier molecular flexibility index (Phi) is 6.30. The van der Waals surface area contributed by atoms with Crippen molar-refractivity contribution in [1.29, 1.82) is 0 Å². The Morgan fingerprint density at radius 2 is 1.68 bits per heavy atom. The molecule has 5 heteroatoms. The molecule has 2 atom stereocenters. The van der Waals surface area contributed by atoms with E-state index in [2.05, 4.69) is 17.9 Å². The van der Waals surface area contributed by atoms with Gasteiger partial charge in [-0.1, -0.05) is 34.1 Å². The molecule has 1 aromatic rings.